The van der Waals surface area contributed by atoms with Crippen LogP contribution in [0, 0.1) is 5.92 Å². The lowest BCUT2D eigenvalue weighted by atomic mass is 9.99. The Bertz CT molecular complexity index is 829. The van der Waals surface area contributed by atoms with Crippen molar-refractivity contribution in [2.45, 2.75) is 71.3 Å². The predicted molar refractivity (Wildman–Crippen MR) is 120 cm³/mol. The molecule has 0 atom stereocenters. The van der Waals surface area contributed by atoms with Crippen molar-refractivity contribution < 1.29 is 14.3 Å². The summed E-state index contributed by atoms with van der Waals surface area (Å²) >= 11 is 0. The van der Waals surface area contributed by atoms with Crippen molar-refractivity contribution in [1.82, 2.24) is 14.8 Å². The average Bonchev–Trinajstić information content (AvgIpc) is 3.31. The number of hydrogen-bond donors (Lipinski definition) is 0. The van der Waals surface area contributed by atoms with Gasteiger partial charge in [0.25, 0.3) is 0 Å². The van der Waals surface area contributed by atoms with E-state index in [0.29, 0.717) is 44.5 Å². The minimum Gasteiger partial charge on any atom is -0.449 e. The number of rotatable bonds is 6. The van der Waals surface area contributed by atoms with E-state index in [2.05, 4.69) is 25.1 Å². The highest BCUT2D eigenvalue weighted by atomic mass is 16.6. The van der Waals surface area contributed by atoms with Crippen LogP contribution in [0.25, 0.3) is 5.57 Å². The monoisotopic (exact) mass is 425 g/mol. The molecule has 0 aromatic carbocycles. The zero-order valence-corrected chi connectivity index (χ0v) is 18.8. The molecule has 0 N–H and O–H groups in total. The number of hydrogen-bond acceptors (Lipinski definition) is 4. The second-order valence-electron chi connectivity index (χ2n) is 9.12. The third-order valence-electron chi connectivity index (χ3n) is 6.86. The van der Waals surface area contributed by atoms with Gasteiger partial charge in [-0.2, -0.15) is 0 Å². The maximum Gasteiger partial charge on any atom is 0.410 e. The maximum atomic E-state index is 12.7. The Labute approximate surface area is 185 Å². The molecule has 0 unspecified atom stereocenters. The summed E-state index contributed by atoms with van der Waals surface area (Å²) in [5.41, 5.74) is 4.49. The van der Waals surface area contributed by atoms with Gasteiger partial charge in [-0.3, -0.25) is 9.78 Å². The molecular formula is C25H35N3O3. The van der Waals surface area contributed by atoms with E-state index in [1.54, 1.807) is 4.90 Å². The fourth-order valence-corrected chi connectivity index (χ4v) is 4.86. The molecule has 0 saturated heterocycles. The van der Waals surface area contributed by atoms with Gasteiger partial charge in [-0.1, -0.05) is 38.3 Å². The summed E-state index contributed by atoms with van der Waals surface area (Å²) in [6.45, 7) is 5.27. The van der Waals surface area contributed by atoms with E-state index in [9.17, 15) is 9.59 Å². The molecule has 0 radical (unpaired) electrons. The van der Waals surface area contributed by atoms with Gasteiger partial charge >= 0.3 is 6.09 Å². The van der Waals surface area contributed by atoms with E-state index in [0.717, 1.165) is 43.6 Å². The van der Waals surface area contributed by atoms with Crippen LogP contribution in [-0.2, 0) is 22.5 Å². The fraction of sp³-hybridized carbons (Fsp3) is 0.640. The summed E-state index contributed by atoms with van der Waals surface area (Å²) in [5.74, 6) is 0.902. The van der Waals surface area contributed by atoms with Crippen LogP contribution in [0.2, 0.25) is 0 Å². The number of pyridine rings is 1. The zero-order valence-electron chi connectivity index (χ0n) is 18.8. The molecule has 2 amide bonds. The van der Waals surface area contributed by atoms with Gasteiger partial charge in [0.2, 0.25) is 5.91 Å². The maximum absolute atomic E-state index is 12.7. The van der Waals surface area contributed by atoms with Gasteiger partial charge in [0.05, 0.1) is 12.3 Å². The number of aromatic nitrogens is 1. The van der Waals surface area contributed by atoms with E-state index in [1.807, 2.05) is 4.90 Å². The second-order valence-corrected chi connectivity index (χ2v) is 9.12. The van der Waals surface area contributed by atoms with E-state index < -0.39 is 0 Å². The Morgan fingerprint density at radius 3 is 2.68 bits per heavy atom. The summed E-state index contributed by atoms with van der Waals surface area (Å²) in [6, 6.07) is 4.21. The van der Waals surface area contributed by atoms with E-state index in [4.69, 9.17) is 9.72 Å². The number of ether oxygens (including phenoxy) is 1. The van der Waals surface area contributed by atoms with E-state index >= 15 is 0 Å². The molecule has 3 heterocycles. The number of carbonyl (C=O) groups is 2. The fourth-order valence-electron chi connectivity index (χ4n) is 4.86. The summed E-state index contributed by atoms with van der Waals surface area (Å²) < 4.78 is 5.32. The Kier molecular flexibility index (Phi) is 7.25. The summed E-state index contributed by atoms with van der Waals surface area (Å²) in [7, 11) is 0. The molecule has 1 saturated carbocycles. The molecule has 0 bridgehead atoms. The van der Waals surface area contributed by atoms with E-state index in [-0.39, 0.29) is 6.09 Å². The van der Waals surface area contributed by atoms with Crippen molar-refractivity contribution in [2.75, 3.05) is 26.2 Å². The largest absolute Gasteiger partial charge is 0.449 e. The van der Waals surface area contributed by atoms with Crippen molar-refractivity contribution in [3.8, 4) is 0 Å². The van der Waals surface area contributed by atoms with Crippen molar-refractivity contribution in [2.24, 2.45) is 5.92 Å². The number of nitrogens with zero attached hydrogens (tertiary/aromatic N) is 3. The van der Waals surface area contributed by atoms with Crippen LogP contribution in [0.3, 0.4) is 0 Å². The first kappa shape index (κ1) is 21.8. The molecule has 1 aromatic heterocycles. The minimum absolute atomic E-state index is 0.218. The summed E-state index contributed by atoms with van der Waals surface area (Å²) in [6.07, 6.45) is 11.1. The van der Waals surface area contributed by atoms with Crippen LogP contribution < -0.4 is 0 Å². The third-order valence-corrected chi connectivity index (χ3v) is 6.86. The van der Waals surface area contributed by atoms with Crippen LogP contribution in [-0.4, -0.2) is 53.0 Å². The van der Waals surface area contributed by atoms with Gasteiger partial charge in [-0.15, -0.1) is 0 Å². The molecule has 1 aliphatic carbocycles. The Morgan fingerprint density at radius 2 is 1.94 bits per heavy atom. The standard InChI is InChI=1S/C25H35N3O3/c1-2-3-16-31-25(30)27-13-10-20(11-14-27)22-9-8-21-18-28(15-12-23(21)26-22)24(29)17-19-6-4-5-7-19/h8-10,19H,2-7,11-18H2,1H3. The Morgan fingerprint density at radius 1 is 1.13 bits per heavy atom. The number of unbranched alkanes of at least 4 members (excludes halogenated alkanes) is 1. The highest BCUT2D eigenvalue weighted by molar-refractivity contribution is 5.77. The second kappa shape index (κ2) is 10.3. The highest BCUT2D eigenvalue weighted by Crippen LogP contribution is 2.29. The minimum atomic E-state index is -0.218. The predicted octanol–water partition coefficient (Wildman–Crippen LogP) is 4.57. The SMILES string of the molecule is CCCCOC(=O)N1CC=C(c2ccc3c(n2)CCN(C(=O)CC2CCCC2)C3)CC1. The molecule has 6 nitrogen and oxygen atoms in total. The molecule has 1 aromatic rings. The molecule has 31 heavy (non-hydrogen) atoms. The molecule has 6 heteroatoms. The average molecular weight is 426 g/mol. The quantitative estimate of drug-likeness (QED) is 0.626. The van der Waals surface area contributed by atoms with E-state index in [1.165, 1.54) is 36.8 Å². The van der Waals surface area contributed by atoms with Crippen LogP contribution in [0.4, 0.5) is 4.79 Å². The van der Waals surface area contributed by atoms with Crippen molar-refractivity contribution in [3.63, 3.8) is 0 Å². The van der Waals surface area contributed by atoms with Crippen molar-refractivity contribution in [3.05, 3.63) is 35.2 Å². The number of fused-ring (bicyclic) bond motifs is 1. The van der Waals surface area contributed by atoms with Crippen LogP contribution >= 0.6 is 0 Å². The molecule has 4 rings (SSSR count). The van der Waals surface area contributed by atoms with Crippen LogP contribution in [0.1, 0.15) is 75.2 Å². The van der Waals surface area contributed by atoms with Crippen molar-refractivity contribution in [1.29, 1.82) is 0 Å². The molecule has 168 valence electrons. The Balaban J connectivity index is 1.33. The van der Waals surface area contributed by atoms with Gasteiger partial charge < -0.3 is 14.5 Å². The summed E-state index contributed by atoms with van der Waals surface area (Å²) in [4.78, 5) is 33.5. The Hall–Kier alpha value is -2.37. The number of amides is 2. The van der Waals surface area contributed by atoms with Gasteiger partial charge in [0, 0.05) is 44.7 Å². The lowest BCUT2D eigenvalue weighted by molar-refractivity contribution is -0.133. The molecular weight excluding hydrogens is 390 g/mol. The van der Waals surface area contributed by atoms with Crippen LogP contribution in [0.5, 0.6) is 0 Å². The van der Waals surface area contributed by atoms with Gasteiger partial charge in [0.15, 0.2) is 0 Å². The lowest BCUT2D eigenvalue weighted by Gasteiger charge is -2.30. The zero-order chi connectivity index (χ0) is 21.6. The van der Waals surface area contributed by atoms with Gasteiger partial charge in [-0.05, 0) is 48.8 Å². The lowest BCUT2D eigenvalue weighted by Crippen LogP contribution is -2.37. The first-order chi connectivity index (χ1) is 15.1. The normalized spacial score (nSPS) is 19.2. The third kappa shape index (κ3) is 5.46. The first-order valence-electron chi connectivity index (χ1n) is 12.0. The highest BCUT2D eigenvalue weighted by Gasteiger charge is 2.26. The first-order valence-corrected chi connectivity index (χ1v) is 12.0. The smallest absolute Gasteiger partial charge is 0.410 e. The van der Waals surface area contributed by atoms with Gasteiger partial charge in [0.1, 0.15) is 0 Å². The topological polar surface area (TPSA) is 62.7 Å². The summed E-state index contributed by atoms with van der Waals surface area (Å²) in [5, 5.41) is 0. The van der Waals surface area contributed by atoms with Crippen LogP contribution in [0.15, 0.2) is 18.2 Å². The molecule has 0 spiro atoms. The molecule has 2 aliphatic heterocycles. The van der Waals surface area contributed by atoms with Gasteiger partial charge in [-0.25, -0.2) is 4.79 Å². The van der Waals surface area contributed by atoms with Crippen molar-refractivity contribution >= 4 is 17.6 Å². The molecule has 1 fully saturated rings. The number of carbonyl (C=O) groups excluding carboxylic acids is 2. The molecule has 3 aliphatic rings.